The molecule has 1 aromatic rings. The van der Waals surface area contributed by atoms with E-state index in [0.717, 1.165) is 45.0 Å². The highest BCUT2D eigenvalue weighted by Gasteiger charge is 2.53. The van der Waals surface area contributed by atoms with E-state index in [2.05, 4.69) is 15.1 Å². The molecule has 1 aromatic carbocycles. The summed E-state index contributed by atoms with van der Waals surface area (Å²) in [7, 11) is 3.28. The van der Waals surface area contributed by atoms with Gasteiger partial charge in [0.25, 0.3) is 5.91 Å². The van der Waals surface area contributed by atoms with Crippen molar-refractivity contribution in [1.82, 2.24) is 15.1 Å². The maximum absolute atomic E-state index is 13.6. The summed E-state index contributed by atoms with van der Waals surface area (Å²) in [6.45, 7) is 9.72. The Kier molecular flexibility index (Phi) is 18.0. The van der Waals surface area contributed by atoms with Gasteiger partial charge in [0.15, 0.2) is 5.78 Å². The van der Waals surface area contributed by atoms with Crippen LogP contribution in [0.2, 0.25) is 0 Å². The van der Waals surface area contributed by atoms with Crippen molar-refractivity contribution in [2.45, 2.75) is 44.6 Å². The number of carbonyl (C=O) groups excluding carboxylic acids is 3. The molecule has 3 heterocycles. The van der Waals surface area contributed by atoms with Gasteiger partial charge in [-0.3, -0.25) is 19.3 Å². The lowest BCUT2D eigenvalue weighted by molar-refractivity contribution is -0.138. The summed E-state index contributed by atoms with van der Waals surface area (Å²) in [5.41, 5.74) is 1.57. The van der Waals surface area contributed by atoms with Gasteiger partial charge in [-0.25, -0.2) is 0 Å². The normalized spacial score (nSPS) is 22.6. The first-order valence-electron chi connectivity index (χ1n) is 13.2. The van der Waals surface area contributed by atoms with Crippen molar-refractivity contribution < 1.29 is 28.6 Å². The molecule has 41 heavy (non-hydrogen) atoms. The lowest BCUT2D eigenvalue weighted by Gasteiger charge is -2.36. The Morgan fingerprint density at radius 1 is 1.02 bits per heavy atom. The third-order valence-electron chi connectivity index (χ3n) is 7.51. The molecule has 3 aliphatic heterocycles. The lowest BCUT2D eigenvalue weighted by atomic mass is 10.0. The first-order chi connectivity index (χ1) is 17.8. The fourth-order valence-electron chi connectivity index (χ4n) is 5.46. The minimum Gasteiger partial charge on any atom is -0.383 e. The van der Waals surface area contributed by atoms with E-state index in [1.807, 2.05) is 26.0 Å². The largest absolute Gasteiger partial charge is 0.383 e. The van der Waals surface area contributed by atoms with Gasteiger partial charge in [0.2, 0.25) is 5.91 Å². The summed E-state index contributed by atoms with van der Waals surface area (Å²) >= 11 is 0. The SMILES string of the molecule is COCCN1CCN(c2ccc(C(=O)N[C@@H](CC(C)C)C(=O)N3C[C@H](OC)[C@H]4OCC(=O)[C@H]43)cc2)CC1.S.S.S.S. The molecule has 3 aliphatic rings. The molecule has 0 bridgehead atoms. The van der Waals surface area contributed by atoms with E-state index in [0.29, 0.717) is 12.0 Å². The number of benzene rings is 1. The zero-order valence-electron chi connectivity index (χ0n) is 24.4. The minimum absolute atomic E-state index is 0. The number of rotatable bonds is 10. The second-order valence-corrected chi connectivity index (χ2v) is 10.5. The summed E-state index contributed by atoms with van der Waals surface area (Å²) in [6, 6.07) is 6.14. The Balaban J connectivity index is 0.00000400. The second-order valence-electron chi connectivity index (χ2n) is 10.5. The number of nitrogens with one attached hydrogen (secondary N) is 1. The van der Waals surface area contributed by atoms with Crippen LogP contribution >= 0.6 is 54.0 Å². The van der Waals surface area contributed by atoms with E-state index in [1.54, 1.807) is 26.4 Å². The number of amides is 2. The van der Waals surface area contributed by atoms with Gasteiger partial charge in [-0.2, -0.15) is 54.0 Å². The fourth-order valence-corrected chi connectivity index (χ4v) is 5.46. The maximum atomic E-state index is 13.6. The van der Waals surface area contributed by atoms with Gasteiger partial charge in [0.1, 0.15) is 30.9 Å². The van der Waals surface area contributed by atoms with Crippen LogP contribution in [0.4, 0.5) is 5.69 Å². The molecule has 1 N–H and O–H groups in total. The quantitative estimate of drug-likeness (QED) is 0.403. The second kappa shape index (κ2) is 18.5. The smallest absolute Gasteiger partial charge is 0.251 e. The standard InChI is InChI=1S/C27H40N4O6.4H2S/c1-18(2)15-21(27(34)31-16-23(36-4)25-24(31)22(32)17-37-25)28-26(33)19-5-7-20(8-6-19)30-11-9-29(10-12-30)13-14-35-3;;;;/h5-8,18,21,23-25H,9-17H2,1-4H3,(H,28,33);4*1H2/t21-,23-,24+,25+;;;;/m0..../s1. The van der Waals surface area contributed by atoms with Crippen molar-refractivity contribution in [2.24, 2.45) is 5.92 Å². The Hall–Kier alpha value is -1.13. The van der Waals surface area contributed by atoms with Crippen LogP contribution in [-0.2, 0) is 23.8 Å². The van der Waals surface area contributed by atoms with E-state index in [4.69, 9.17) is 14.2 Å². The Labute approximate surface area is 272 Å². The molecule has 3 fully saturated rings. The van der Waals surface area contributed by atoms with Gasteiger partial charge >= 0.3 is 0 Å². The molecular formula is C27H48N4O6S4. The molecular weight excluding hydrogens is 605 g/mol. The topological polar surface area (TPSA) is 101 Å². The molecule has 0 aromatic heterocycles. The van der Waals surface area contributed by atoms with Crippen LogP contribution in [0, 0.1) is 5.92 Å². The summed E-state index contributed by atoms with van der Waals surface area (Å²) in [4.78, 5) is 45.5. The van der Waals surface area contributed by atoms with Gasteiger partial charge in [0, 0.05) is 58.2 Å². The van der Waals surface area contributed by atoms with Crippen LogP contribution in [0.25, 0.3) is 0 Å². The van der Waals surface area contributed by atoms with Crippen LogP contribution < -0.4 is 10.2 Å². The molecule has 0 radical (unpaired) electrons. The van der Waals surface area contributed by atoms with Crippen LogP contribution in [0.15, 0.2) is 24.3 Å². The van der Waals surface area contributed by atoms with E-state index >= 15 is 0 Å². The van der Waals surface area contributed by atoms with Crippen molar-refractivity contribution in [2.75, 3.05) is 71.6 Å². The number of nitrogens with zero attached hydrogens (tertiary/aromatic N) is 3. The number of hydrogen-bond donors (Lipinski definition) is 1. The van der Waals surface area contributed by atoms with Gasteiger partial charge in [-0.05, 0) is 36.6 Å². The third-order valence-corrected chi connectivity index (χ3v) is 7.51. The molecule has 0 unspecified atom stereocenters. The lowest BCUT2D eigenvalue weighted by Crippen LogP contribution is -2.52. The number of piperazine rings is 1. The molecule has 4 rings (SSSR count). The van der Waals surface area contributed by atoms with Gasteiger partial charge in [-0.1, -0.05) is 13.8 Å². The highest BCUT2D eigenvalue weighted by Crippen LogP contribution is 2.30. The van der Waals surface area contributed by atoms with Crippen LogP contribution in [0.5, 0.6) is 0 Å². The van der Waals surface area contributed by atoms with Crippen molar-refractivity contribution in [1.29, 1.82) is 0 Å². The predicted octanol–water partition coefficient (Wildman–Crippen LogP) is 1.24. The molecule has 10 nitrogen and oxygen atoms in total. The summed E-state index contributed by atoms with van der Waals surface area (Å²) < 4.78 is 16.3. The highest BCUT2D eigenvalue weighted by molar-refractivity contribution is 7.59. The Bertz CT molecular complexity index is 966. The maximum Gasteiger partial charge on any atom is 0.251 e. The molecule has 2 amide bonds. The molecule has 0 saturated carbocycles. The number of ether oxygens (including phenoxy) is 3. The highest BCUT2D eigenvalue weighted by atomic mass is 32.1. The molecule has 0 aliphatic carbocycles. The molecule has 3 saturated heterocycles. The van der Waals surface area contributed by atoms with E-state index in [-0.39, 0.29) is 96.8 Å². The zero-order chi connectivity index (χ0) is 26.5. The number of likely N-dealkylation sites (tertiary alicyclic amines) is 1. The van der Waals surface area contributed by atoms with E-state index in [1.165, 1.54) is 4.90 Å². The van der Waals surface area contributed by atoms with Crippen LogP contribution in [0.3, 0.4) is 0 Å². The number of Topliss-reactive ketones (excluding diaryl/α,β-unsaturated/α-hetero) is 1. The number of anilines is 1. The zero-order valence-corrected chi connectivity index (χ0v) is 28.4. The first kappa shape index (κ1) is 39.9. The summed E-state index contributed by atoms with van der Waals surface area (Å²) in [6.07, 6.45) is -0.340. The van der Waals surface area contributed by atoms with Crippen LogP contribution in [-0.4, -0.2) is 118 Å². The summed E-state index contributed by atoms with van der Waals surface area (Å²) in [5, 5.41) is 2.94. The third kappa shape index (κ3) is 9.68. The minimum atomic E-state index is -0.739. The molecule has 4 atom stereocenters. The average Bonchev–Trinajstić information content (AvgIpc) is 3.47. The van der Waals surface area contributed by atoms with Crippen molar-refractivity contribution in [3.8, 4) is 0 Å². The van der Waals surface area contributed by atoms with Crippen molar-refractivity contribution in [3.63, 3.8) is 0 Å². The Morgan fingerprint density at radius 3 is 2.22 bits per heavy atom. The first-order valence-corrected chi connectivity index (χ1v) is 13.2. The molecule has 14 heteroatoms. The van der Waals surface area contributed by atoms with Crippen molar-refractivity contribution >= 4 is 77.3 Å². The number of methoxy groups -OCH3 is 2. The summed E-state index contributed by atoms with van der Waals surface area (Å²) in [5.74, 6) is -0.518. The number of hydrogen-bond acceptors (Lipinski definition) is 8. The van der Waals surface area contributed by atoms with Crippen molar-refractivity contribution in [3.05, 3.63) is 29.8 Å². The molecule has 0 spiro atoms. The average molecular weight is 653 g/mol. The van der Waals surface area contributed by atoms with Gasteiger partial charge in [0.05, 0.1) is 13.2 Å². The van der Waals surface area contributed by atoms with Gasteiger partial charge in [-0.15, -0.1) is 0 Å². The number of carbonyl (C=O) groups is 3. The predicted molar refractivity (Wildman–Crippen MR) is 180 cm³/mol. The van der Waals surface area contributed by atoms with Crippen LogP contribution in [0.1, 0.15) is 30.6 Å². The van der Waals surface area contributed by atoms with E-state index < -0.39 is 18.2 Å². The Morgan fingerprint density at radius 2 is 1.66 bits per heavy atom. The fraction of sp³-hybridized carbons (Fsp3) is 0.667. The number of fused-ring (bicyclic) bond motifs is 1. The monoisotopic (exact) mass is 652 g/mol. The van der Waals surface area contributed by atoms with E-state index in [9.17, 15) is 14.4 Å². The molecule has 236 valence electrons. The number of ketones is 1. The van der Waals surface area contributed by atoms with Gasteiger partial charge < -0.3 is 29.3 Å².